The summed E-state index contributed by atoms with van der Waals surface area (Å²) in [7, 11) is 3.58. The monoisotopic (exact) mass is 698 g/mol. The van der Waals surface area contributed by atoms with Crippen molar-refractivity contribution in [2.45, 2.75) is 51.7 Å². The zero-order chi connectivity index (χ0) is 35.6. The van der Waals surface area contributed by atoms with E-state index in [0.29, 0.717) is 73.9 Å². The third-order valence-corrected chi connectivity index (χ3v) is 9.69. The Morgan fingerprint density at radius 2 is 1.90 bits per heavy atom. The lowest BCUT2D eigenvalue weighted by Gasteiger charge is -2.44. The first kappa shape index (κ1) is 35.5. The molecule has 2 fully saturated rings. The second kappa shape index (κ2) is 14.5. The second-order valence-electron chi connectivity index (χ2n) is 13.3. The van der Waals surface area contributed by atoms with E-state index in [-0.39, 0.29) is 34.3 Å². The van der Waals surface area contributed by atoms with Crippen molar-refractivity contribution in [2.24, 2.45) is 5.41 Å². The predicted molar refractivity (Wildman–Crippen MR) is 181 cm³/mol. The van der Waals surface area contributed by atoms with Crippen molar-refractivity contribution in [3.05, 3.63) is 48.0 Å². The van der Waals surface area contributed by atoms with E-state index in [1.807, 2.05) is 11.9 Å². The number of esters is 1. The van der Waals surface area contributed by atoms with Crippen LogP contribution in [0.15, 0.2) is 36.7 Å². The molecule has 15 heteroatoms. The molecule has 0 amide bonds. The number of piperazine rings is 1. The maximum absolute atomic E-state index is 14.5. The predicted octanol–water partition coefficient (Wildman–Crippen LogP) is 5.96. The molecular formula is C35H42F4N8O3. The number of benzene rings is 1. The molecule has 1 aliphatic heterocycles. The minimum absolute atomic E-state index is 0.00645. The molecular weight excluding hydrogens is 656 g/mol. The van der Waals surface area contributed by atoms with E-state index in [4.69, 9.17) is 14.5 Å². The molecule has 1 aliphatic carbocycles. The number of aromatic amines is 1. The van der Waals surface area contributed by atoms with Crippen molar-refractivity contribution in [1.82, 2.24) is 29.8 Å². The molecule has 1 atom stereocenters. The van der Waals surface area contributed by atoms with E-state index in [1.165, 1.54) is 0 Å². The maximum atomic E-state index is 14.5. The van der Waals surface area contributed by atoms with Crippen LogP contribution in [0.4, 0.5) is 29.1 Å². The Hall–Kier alpha value is -4.37. The van der Waals surface area contributed by atoms with Gasteiger partial charge in [0, 0.05) is 63.9 Å². The average molecular weight is 699 g/mol. The number of hydrogen-bond acceptors (Lipinski definition) is 10. The molecule has 2 aliphatic rings. The van der Waals surface area contributed by atoms with Crippen molar-refractivity contribution in [3.63, 3.8) is 0 Å². The fraction of sp³-hybridized carbons (Fsp3) is 0.514. The maximum Gasteiger partial charge on any atom is 0.416 e. The number of nitrogens with zero attached hydrogens (tertiary/aromatic N) is 7. The summed E-state index contributed by atoms with van der Waals surface area (Å²) in [6.07, 6.45) is 2.00. The first-order valence-electron chi connectivity index (χ1n) is 16.8. The highest BCUT2D eigenvalue weighted by atomic mass is 19.4. The van der Waals surface area contributed by atoms with Crippen LogP contribution in [0.1, 0.15) is 45.1 Å². The molecule has 1 saturated carbocycles. The van der Waals surface area contributed by atoms with E-state index in [2.05, 4.69) is 36.7 Å². The van der Waals surface area contributed by atoms with Crippen molar-refractivity contribution < 1.29 is 31.8 Å². The van der Waals surface area contributed by atoms with E-state index >= 15 is 0 Å². The number of aromatic nitrogens is 5. The quantitative estimate of drug-likeness (QED) is 0.141. The Labute approximate surface area is 288 Å². The van der Waals surface area contributed by atoms with E-state index in [1.54, 1.807) is 32.5 Å². The largest absolute Gasteiger partial charge is 0.466 e. The number of carbonyl (C=O) groups is 1. The summed E-state index contributed by atoms with van der Waals surface area (Å²) >= 11 is 0. The second-order valence-corrected chi connectivity index (χ2v) is 13.3. The summed E-state index contributed by atoms with van der Waals surface area (Å²) in [4.78, 5) is 40.2. The van der Waals surface area contributed by atoms with Gasteiger partial charge < -0.3 is 24.3 Å². The highest BCUT2D eigenvalue weighted by Gasteiger charge is 2.39. The van der Waals surface area contributed by atoms with Gasteiger partial charge in [0.15, 0.2) is 11.5 Å². The van der Waals surface area contributed by atoms with Crippen LogP contribution >= 0.6 is 0 Å². The summed E-state index contributed by atoms with van der Waals surface area (Å²) in [5, 5.41) is 0. The zero-order valence-corrected chi connectivity index (χ0v) is 28.7. The Morgan fingerprint density at radius 3 is 2.54 bits per heavy atom. The van der Waals surface area contributed by atoms with Crippen molar-refractivity contribution >= 4 is 28.6 Å². The molecule has 0 spiro atoms. The number of halogens is 4. The minimum Gasteiger partial charge on any atom is -0.466 e. The van der Waals surface area contributed by atoms with Gasteiger partial charge in [-0.1, -0.05) is 6.42 Å². The van der Waals surface area contributed by atoms with Crippen LogP contribution in [0.3, 0.4) is 0 Å². The number of pyridine rings is 1. The van der Waals surface area contributed by atoms with Gasteiger partial charge in [0.25, 0.3) is 0 Å². The summed E-state index contributed by atoms with van der Waals surface area (Å²) in [5.41, 5.74) is 0.946. The van der Waals surface area contributed by atoms with Gasteiger partial charge in [0.1, 0.15) is 22.8 Å². The fourth-order valence-corrected chi connectivity index (χ4v) is 6.97. The third-order valence-electron chi connectivity index (χ3n) is 9.69. The van der Waals surface area contributed by atoms with Crippen LogP contribution < -0.4 is 9.80 Å². The number of carbonyl (C=O) groups excluding carboxylic acids is 1. The number of alkyl halides is 3. The highest BCUT2D eigenvalue weighted by Crippen LogP contribution is 2.43. The van der Waals surface area contributed by atoms with Crippen molar-refractivity contribution in [3.8, 4) is 22.8 Å². The molecule has 6 rings (SSSR count). The van der Waals surface area contributed by atoms with Gasteiger partial charge >= 0.3 is 12.1 Å². The molecule has 1 N–H and O–H groups in total. The van der Waals surface area contributed by atoms with Crippen LogP contribution in [0.25, 0.3) is 33.9 Å². The number of rotatable bonds is 12. The lowest BCUT2D eigenvalue weighted by atomic mass is 9.69. The summed E-state index contributed by atoms with van der Waals surface area (Å²) in [6.45, 7) is 8.32. The van der Waals surface area contributed by atoms with Crippen LogP contribution in [-0.4, -0.2) is 102 Å². The Balaban J connectivity index is 1.28. The number of ether oxygens (including phenoxy) is 2. The van der Waals surface area contributed by atoms with Crippen molar-refractivity contribution in [2.75, 3.05) is 69.9 Å². The highest BCUT2D eigenvalue weighted by molar-refractivity contribution is 5.91. The first-order valence-corrected chi connectivity index (χ1v) is 16.8. The molecule has 0 radical (unpaired) electrons. The molecule has 11 nitrogen and oxygen atoms in total. The molecule has 3 aromatic heterocycles. The topological polar surface area (TPSA) is 113 Å². The number of nitrogens with one attached hydrogen (secondary N) is 1. The normalized spacial score (nSPS) is 17.9. The number of methoxy groups -OCH3 is 1. The lowest BCUT2D eigenvalue weighted by molar-refractivity contribution is -0.143. The van der Waals surface area contributed by atoms with Crippen LogP contribution in [0, 0.1) is 11.2 Å². The first-order chi connectivity index (χ1) is 23.9. The van der Waals surface area contributed by atoms with Crippen LogP contribution in [-0.2, 0) is 20.4 Å². The number of imidazole rings is 1. The Bertz CT molecular complexity index is 1810. The van der Waals surface area contributed by atoms with E-state index in [9.17, 15) is 22.4 Å². The third kappa shape index (κ3) is 7.68. The molecule has 50 heavy (non-hydrogen) atoms. The lowest BCUT2D eigenvalue weighted by Crippen LogP contribution is -2.52. The van der Waals surface area contributed by atoms with Gasteiger partial charge in [-0.3, -0.25) is 9.69 Å². The smallest absolute Gasteiger partial charge is 0.416 e. The Morgan fingerprint density at radius 1 is 1.10 bits per heavy atom. The van der Waals surface area contributed by atoms with Gasteiger partial charge in [0.2, 0.25) is 0 Å². The minimum atomic E-state index is -4.72. The molecule has 268 valence electrons. The summed E-state index contributed by atoms with van der Waals surface area (Å²) in [5.74, 6) is -0.109. The van der Waals surface area contributed by atoms with Gasteiger partial charge in [-0.05, 0) is 51.0 Å². The van der Waals surface area contributed by atoms with Crippen LogP contribution in [0.5, 0.6) is 0 Å². The molecule has 0 bridgehead atoms. The number of anilines is 2. The Kier molecular flexibility index (Phi) is 10.3. The zero-order valence-electron chi connectivity index (χ0n) is 28.7. The van der Waals surface area contributed by atoms with Crippen molar-refractivity contribution in [1.29, 1.82) is 0 Å². The van der Waals surface area contributed by atoms with Gasteiger partial charge in [-0.2, -0.15) is 13.2 Å². The molecule has 4 heterocycles. The number of H-pyrrole nitrogens is 1. The van der Waals surface area contributed by atoms with E-state index in [0.717, 1.165) is 44.5 Å². The molecule has 1 saturated heterocycles. The standard InChI is InChI=1S/C35H42F4N8O3/c1-5-50-30(48)7-10-46-11-12-47(19-22(46)2)29-18-40-27(17-41-29)32-43-31-28(45(3)20-34(21-49-4)8-6-9-34)16-26(42-33(31)44-32)23-13-24(35(37,38)39)15-25(36)14-23/h13-18,22H,5-12,19-21H2,1-4H3,(H,42,43,44)/t22-/m0/s1. The fourth-order valence-electron chi connectivity index (χ4n) is 6.97. The molecule has 1 aromatic carbocycles. The van der Waals surface area contributed by atoms with Gasteiger partial charge in [-0.25, -0.2) is 24.3 Å². The summed E-state index contributed by atoms with van der Waals surface area (Å²) in [6, 6.07) is 4.28. The van der Waals surface area contributed by atoms with E-state index < -0.39 is 17.6 Å². The summed E-state index contributed by atoms with van der Waals surface area (Å²) < 4.78 is 66.0. The average Bonchev–Trinajstić information content (AvgIpc) is 3.50. The van der Waals surface area contributed by atoms with Crippen LogP contribution in [0.2, 0.25) is 0 Å². The number of hydrogen-bond donors (Lipinski definition) is 1. The molecule has 0 unspecified atom stereocenters. The molecule has 4 aromatic rings. The number of fused-ring (bicyclic) bond motifs is 1. The SMILES string of the molecule is CCOC(=O)CCN1CCN(c2cnc(-c3nc4nc(-c5cc(F)cc(C(F)(F)F)c5)cc(N(C)CC5(COC)CCC5)c4[nH]3)cn2)C[C@@H]1C. The van der Waals surface area contributed by atoms with Gasteiger partial charge in [-0.15, -0.1) is 0 Å². The van der Waals surface area contributed by atoms with Gasteiger partial charge in [0.05, 0.1) is 49.0 Å².